The zero-order valence-corrected chi connectivity index (χ0v) is 12.5. The van der Waals surface area contributed by atoms with Crippen LogP contribution >= 0.6 is 22.9 Å². The van der Waals surface area contributed by atoms with E-state index in [1.165, 1.54) is 11.3 Å². The Labute approximate surface area is 130 Å². The Morgan fingerprint density at radius 3 is 2.33 bits per heavy atom. The van der Waals surface area contributed by atoms with E-state index in [0.29, 0.717) is 28.4 Å². The number of thiophene rings is 1. The van der Waals surface area contributed by atoms with Gasteiger partial charge in [-0.15, -0.1) is 11.3 Å². The van der Waals surface area contributed by atoms with Gasteiger partial charge in [0.05, 0.1) is 10.4 Å². The maximum atomic E-state index is 12.0. The first-order valence-corrected chi connectivity index (χ1v) is 7.67. The molecule has 1 saturated carbocycles. The van der Waals surface area contributed by atoms with E-state index in [1.807, 2.05) is 0 Å². The lowest BCUT2D eigenvalue weighted by Crippen LogP contribution is -2.19. The molecule has 0 atom stereocenters. The zero-order chi connectivity index (χ0) is 15.0. The van der Waals surface area contributed by atoms with Gasteiger partial charge in [0.15, 0.2) is 0 Å². The van der Waals surface area contributed by atoms with E-state index in [0.717, 1.165) is 5.56 Å². The Bertz CT molecular complexity index is 704. The lowest BCUT2D eigenvalue weighted by Gasteiger charge is -2.11. The maximum Gasteiger partial charge on any atom is 0.314 e. The molecule has 21 heavy (non-hydrogen) atoms. The number of carbonyl (C=O) groups excluding carboxylic acids is 1. The predicted molar refractivity (Wildman–Crippen MR) is 82.3 cm³/mol. The van der Waals surface area contributed by atoms with E-state index in [2.05, 4.69) is 5.32 Å². The number of carboxylic acids is 1. The molecule has 0 spiro atoms. The topological polar surface area (TPSA) is 66.4 Å². The second-order valence-electron chi connectivity index (χ2n) is 5.02. The van der Waals surface area contributed by atoms with Crippen molar-refractivity contribution in [2.45, 2.75) is 18.3 Å². The monoisotopic (exact) mass is 321 g/mol. The molecule has 6 heteroatoms. The highest BCUT2D eigenvalue weighted by molar-refractivity contribution is 7.12. The van der Waals surface area contributed by atoms with Crippen LogP contribution in [0.1, 0.15) is 28.1 Å². The van der Waals surface area contributed by atoms with E-state index in [1.54, 1.807) is 35.7 Å². The minimum absolute atomic E-state index is 0.262. The lowest BCUT2D eigenvalue weighted by molar-refractivity contribution is -0.140. The van der Waals surface area contributed by atoms with Crippen molar-refractivity contribution >= 4 is 40.5 Å². The second kappa shape index (κ2) is 5.16. The molecule has 1 aliphatic rings. The van der Waals surface area contributed by atoms with Gasteiger partial charge < -0.3 is 10.4 Å². The normalized spacial score (nSPS) is 15.5. The molecule has 1 aromatic carbocycles. The summed E-state index contributed by atoms with van der Waals surface area (Å²) >= 11 is 7.19. The highest BCUT2D eigenvalue weighted by Gasteiger charge is 2.51. The fourth-order valence-electron chi connectivity index (χ4n) is 2.27. The summed E-state index contributed by atoms with van der Waals surface area (Å²) in [5, 5.41) is 14.2. The standard InChI is InChI=1S/C15H12ClNO3S/c16-11-5-8-21-12(11)13(18)17-10-3-1-9(2-4-10)15(6-7-15)14(19)20/h1-5,8H,6-7H2,(H,17,18)(H,19,20). The van der Waals surface area contributed by atoms with Crippen LogP contribution < -0.4 is 5.32 Å². The molecular weight excluding hydrogens is 310 g/mol. The Morgan fingerprint density at radius 1 is 1.19 bits per heavy atom. The Morgan fingerprint density at radius 2 is 1.86 bits per heavy atom. The van der Waals surface area contributed by atoms with Crippen LogP contribution in [0.5, 0.6) is 0 Å². The third-order valence-electron chi connectivity index (χ3n) is 3.68. The molecule has 108 valence electrons. The van der Waals surface area contributed by atoms with Gasteiger partial charge in [0, 0.05) is 5.69 Å². The quantitative estimate of drug-likeness (QED) is 0.900. The van der Waals surface area contributed by atoms with Crippen LogP contribution in [0.2, 0.25) is 5.02 Å². The zero-order valence-electron chi connectivity index (χ0n) is 10.9. The van der Waals surface area contributed by atoms with Crippen LogP contribution in [-0.4, -0.2) is 17.0 Å². The number of halogens is 1. The Kier molecular flexibility index (Phi) is 3.47. The van der Waals surface area contributed by atoms with E-state index in [9.17, 15) is 14.7 Å². The largest absolute Gasteiger partial charge is 0.481 e. The molecule has 2 N–H and O–H groups in total. The summed E-state index contributed by atoms with van der Waals surface area (Å²) in [5.74, 6) is -1.05. The van der Waals surface area contributed by atoms with Gasteiger partial charge >= 0.3 is 5.97 Å². The van der Waals surface area contributed by atoms with Crippen LogP contribution in [0, 0.1) is 0 Å². The first-order valence-electron chi connectivity index (χ1n) is 6.41. The molecule has 0 bridgehead atoms. The summed E-state index contributed by atoms with van der Waals surface area (Å²) in [5.41, 5.74) is 0.677. The van der Waals surface area contributed by atoms with Gasteiger partial charge in [-0.2, -0.15) is 0 Å². The summed E-state index contributed by atoms with van der Waals surface area (Å²) in [4.78, 5) is 23.7. The van der Waals surface area contributed by atoms with Crippen molar-refractivity contribution in [3.63, 3.8) is 0 Å². The fraction of sp³-hybridized carbons (Fsp3) is 0.200. The van der Waals surface area contributed by atoms with Crippen molar-refractivity contribution in [3.05, 3.63) is 51.2 Å². The average molecular weight is 322 g/mol. The van der Waals surface area contributed by atoms with Crippen molar-refractivity contribution < 1.29 is 14.7 Å². The number of hydrogen-bond donors (Lipinski definition) is 2. The molecule has 0 saturated heterocycles. The molecule has 1 aliphatic carbocycles. The number of hydrogen-bond acceptors (Lipinski definition) is 3. The first-order chi connectivity index (χ1) is 10.0. The number of nitrogens with one attached hydrogen (secondary N) is 1. The highest BCUT2D eigenvalue weighted by Crippen LogP contribution is 2.48. The third-order valence-corrected chi connectivity index (χ3v) is 5.02. The van der Waals surface area contributed by atoms with Gasteiger partial charge in [-0.25, -0.2) is 0 Å². The maximum absolute atomic E-state index is 12.0. The number of amides is 1. The average Bonchev–Trinajstić information content (AvgIpc) is 3.16. The molecule has 1 heterocycles. The van der Waals surface area contributed by atoms with E-state index in [-0.39, 0.29) is 5.91 Å². The van der Waals surface area contributed by atoms with Crippen LogP contribution in [0.15, 0.2) is 35.7 Å². The van der Waals surface area contributed by atoms with Crippen LogP contribution in [0.3, 0.4) is 0 Å². The first kappa shape index (κ1) is 14.1. The van der Waals surface area contributed by atoms with Crippen LogP contribution in [0.25, 0.3) is 0 Å². The summed E-state index contributed by atoms with van der Waals surface area (Å²) < 4.78 is 0. The summed E-state index contributed by atoms with van der Waals surface area (Å²) in [6.07, 6.45) is 1.33. The Balaban J connectivity index is 1.75. The molecule has 0 unspecified atom stereocenters. The van der Waals surface area contributed by atoms with E-state index < -0.39 is 11.4 Å². The van der Waals surface area contributed by atoms with Crippen molar-refractivity contribution in [3.8, 4) is 0 Å². The smallest absolute Gasteiger partial charge is 0.314 e. The lowest BCUT2D eigenvalue weighted by atomic mass is 9.96. The van der Waals surface area contributed by atoms with Gasteiger partial charge in [-0.05, 0) is 42.0 Å². The van der Waals surface area contributed by atoms with Crippen molar-refractivity contribution in [1.29, 1.82) is 0 Å². The minimum atomic E-state index is -0.787. The van der Waals surface area contributed by atoms with Crippen molar-refractivity contribution in [2.24, 2.45) is 0 Å². The Hall–Kier alpha value is -1.85. The van der Waals surface area contributed by atoms with Crippen LogP contribution in [-0.2, 0) is 10.2 Å². The molecule has 1 aromatic heterocycles. The summed E-state index contributed by atoms with van der Waals surface area (Å²) in [7, 11) is 0. The van der Waals surface area contributed by atoms with Crippen LogP contribution in [0.4, 0.5) is 5.69 Å². The van der Waals surface area contributed by atoms with E-state index >= 15 is 0 Å². The van der Waals surface area contributed by atoms with Gasteiger partial charge in [0.25, 0.3) is 5.91 Å². The minimum Gasteiger partial charge on any atom is -0.481 e. The SMILES string of the molecule is O=C(Nc1ccc(C2(C(=O)O)CC2)cc1)c1sccc1Cl. The molecule has 3 rings (SSSR count). The number of rotatable bonds is 4. The fourth-order valence-corrected chi connectivity index (χ4v) is 3.30. The van der Waals surface area contributed by atoms with Gasteiger partial charge in [-0.3, -0.25) is 9.59 Å². The number of aliphatic carboxylic acids is 1. The number of carboxylic acid groups (broad SMARTS) is 1. The van der Waals surface area contributed by atoms with Gasteiger partial charge in [-0.1, -0.05) is 23.7 Å². The van der Waals surface area contributed by atoms with E-state index in [4.69, 9.17) is 11.6 Å². The molecular formula is C15H12ClNO3S. The molecule has 0 radical (unpaired) electrons. The number of carbonyl (C=O) groups is 2. The summed E-state index contributed by atoms with van der Waals surface area (Å²) in [6.45, 7) is 0. The molecule has 4 nitrogen and oxygen atoms in total. The molecule has 0 aliphatic heterocycles. The number of benzene rings is 1. The van der Waals surface area contributed by atoms with Gasteiger partial charge in [0.1, 0.15) is 4.88 Å². The molecule has 1 fully saturated rings. The van der Waals surface area contributed by atoms with Crippen molar-refractivity contribution in [1.82, 2.24) is 0 Å². The highest BCUT2D eigenvalue weighted by atomic mass is 35.5. The second-order valence-corrected chi connectivity index (χ2v) is 6.34. The summed E-state index contributed by atoms with van der Waals surface area (Å²) in [6, 6.07) is 8.63. The molecule has 2 aromatic rings. The predicted octanol–water partition coefficient (Wildman–Crippen LogP) is 3.77. The molecule has 1 amide bonds. The number of anilines is 1. The van der Waals surface area contributed by atoms with Crippen molar-refractivity contribution in [2.75, 3.05) is 5.32 Å². The van der Waals surface area contributed by atoms with Gasteiger partial charge in [0.2, 0.25) is 0 Å². The third kappa shape index (κ3) is 2.54.